The highest BCUT2D eigenvalue weighted by Gasteiger charge is 2.24. The van der Waals surface area contributed by atoms with Crippen molar-refractivity contribution in [1.82, 2.24) is 4.57 Å². The first-order valence-corrected chi connectivity index (χ1v) is 9.57. The summed E-state index contributed by atoms with van der Waals surface area (Å²) in [6.45, 7) is 12.9. The largest absolute Gasteiger partial charge is 0.494 e. The van der Waals surface area contributed by atoms with Crippen LogP contribution in [0.4, 0.5) is 0 Å². The van der Waals surface area contributed by atoms with Crippen LogP contribution in [0.1, 0.15) is 56.9 Å². The molecule has 3 heteroatoms. The van der Waals surface area contributed by atoms with Gasteiger partial charge in [-0.3, -0.25) is 0 Å². The maximum atomic E-state index is 6.04. The molecule has 0 spiro atoms. The molecule has 1 aromatic carbocycles. The van der Waals surface area contributed by atoms with E-state index in [1.807, 2.05) is 0 Å². The predicted octanol–water partition coefficient (Wildman–Crippen LogP) is 4.55. The van der Waals surface area contributed by atoms with Gasteiger partial charge in [0.1, 0.15) is 24.5 Å². The fraction of sp³-hybridized carbons (Fsp3) is 0.571. The number of fused-ring (bicyclic) bond motifs is 3. The van der Waals surface area contributed by atoms with Crippen LogP contribution in [0.15, 0.2) is 12.1 Å². The maximum Gasteiger partial charge on any atom is 0.187 e. The molecule has 24 heavy (non-hydrogen) atoms. The number of rotatable bonds is 7. The number of hydrogen-bond acceptors (Lipinski definition) is 1. The lowest BCUT2D eigenvalue weighted by Crippen LogP contribution is -2.23. The van der Waals surface area contributed by atoms with Crippen molar-refractivity contribution in [2.45, 2.75) is 59.9 Å². The zero-order valence-corrected chi connectivity index (χ0v) is 15.7. The molecule has 0 atom stereocenters. The molecule has 0 unspecified atom stereocenters. The van der Waals surface area contributed by atoms with Gasteiger partial charge in [-0.25, -0.2) is 4.58 Å². The van der Waals surface area contributed by atoms with E-state index >= 15 is 0 Å². The van der Waals surface area contributed by atoms with E-state index < -0.39 is 0 Å². The number of nitrogens with zero attached hydrogens (tertiary/aromatic N) is 2. The van der Waals surface area contributed by atoms with Crippen molar-refractivity contribution in [2.75, 3.05) is 19.7 Å². The highest BCUT2D eigenvalue weighted by molar-refractivity contribution is 5.96. The van der Waals surface area contributed by atoms with Gasteiger partial charge >= 0.3 is 0 Å². The van der Waals surface area contributed by atoms with Gasteiger partial charge in [0.15, 0.2) is 6.21 Å². The quantitative estimate of drug-likeness (QED) is 0.539. The van der Waals surface area contributed by atoms with Crippen molar-refractivity contribution in [2.24, 2.45) is 0 Å². The second kappa shape index (κ2) is 7.42. The van der Waals surface area contributed by atoms with E-state index in [2.05, 4.69) is 55.2 Å². The number of ether oxygens (including phenoxy) is 1. The first-order chi connectivity index (χ1) is 11.7. The van der Waals surface area contributed by atoms with Gasteiger partial charge in [-0.05, 0) is 44.4 Å². The molecule has 130 valence electrons. The lowest BCUT2D eigenvalue weighted by molar-refractivity contribution is -0.520. The van der Waals surface area contributed by atoms with Crippen molar-refractivity contribution in [3.8, 4) is 5.75 Å². The maximum absolute atomic E-state index is 6.04. The Morgan fingerprint density at radius 3 is 2.71 bits per heavy atom. The van der Waals surface area contributed by atoms with Crippen molar-refractivity contribution in [1.29, 1.82) is 0 Å². The second-order valence-corrected chi connectivity index (χ2v) is 6.81. The van der Waals surface area contributed by atoms with Crippen LogP contribution in [0.2, 0.25) is 0 Å². The number of aromatic nitrogens is 1. The molecular weight excluding hydrogens is 296 g/mol. The Hall–Kier alpha value is -1.77. The molecule has 1 aliphatic rings. The highest BCUT2D eigenvalue weighted by Crippen LogP contribution is 2.33. The molecule has 0 amide bonds. The minimum absolute atomic E-state index is 0.821. The molecule has 0 saturated heterocycles. The fourth-order valence-corrected chi connectivity index (χ4v) is 3.87. The lowest BCUT2D eigenvalue weighted by Gasteiger charge is -2.10. The van der Waals surface area contributed by atoms with Crippen LogP contribution in [-0.4, -0.2) is 35.1 Å². The highest BCUT2D eigenvalue weighted by atomic mass is 16.5. The van der Waals surface area contributed by atoms with Gasteiger partial charge in [0.05, 0.1) is 12.1 Å². The molecule has 0 saturated carbocycles. The molecule has 2 heterocycles. The van der Waals surface area contributed by atoms with Crippen LogP contribution >= 0.6 is 0 Å². The third-order valence-electron chi connectivity index (χ3n) is 5.17. The van der Waals surface area contributed by atoms with Gasteiger partial charge < -0.3 is 9.30 Å². The summed E-state index contributed by atoms with van der Waals surface area (Å²) < 4.78 is 10.9. The minimum atomic E-state index is 0.821. The van der Waals surface area contributed by atoms with Gasteiger partial charge in [-0.1, -0.05) is 19.8 Å². The predicted molar refractivity (Wildman–Crippen MR) is 102 cm³/mol. The smallest absolute Gasteiger partial charge is 0.187 e. The molecule has 0 aliphatic carbocycles. The first-order valence-electron chi connectivity index (χ1n) is 9.57. The number of aryl methyl sites for hydroxylation is 2. The molecule has 3 rings (SSSR count). The summed E-state index contributed by atoms with van der Waals surface area (Å²) in [5, 5.41) is 1.44. The van der Waals surface area contributed by atoms with E-state index in [1.54, 1.807) is 0 Å². The fourth-order valence-electron chi connectivity index (χ4n) is 3.87. The van der Waals surface area contributed by atoms with E-state index in [4.69, 9.17) is 4.74 Å². The summed E-state index contributed by atoms with van der Waals surface area (Å²) in [6, 6.07) is 4.47. The zero-order chi connectivity index (χ0) is 17.1. The molecule has 2 aromatic rings. The van der Waals surface area contributed by atoms with Crippen molar-refractivity contribution >= 4 is 17.1 Å². The first kappa shape index (κ1) is 17.1. The normalized spacial score (nSPS) is 13.9. The van der Waals surface area contributed by atoms with Gasteiger partial charge in [-0.2, -0.15) is 0 Å². The molecule has 0 radical (unpaired) electrons. The van der Waals surface area contributed by atoms with Gasteiger partial charge in [0, 0.05) is 24.4 Å². The Morgan fingerprint density at radius 2 is 2.00 bits per heavy atom. The number of unbranched alkanes of at least 4 members (excludes halogenated alkanes) is 2. The Morgan fingerprint density at radius 1 is 1.17 bits per heavy atom. The van der Waals surface area contributed by atoms with E-state index in [0.717, 1.165) is 44.8 Å². The van der Waals surface area contributed by atoms with Crippen molar-refractivity contribution < 1.29 is 9.31 Å². The third-order valence-corrected chi connectivity index (χ3v) is 5.17. The summed E-state index contributed by atoms with van der Waals surface area (Å²) in [5.41, 5.74) is 5.60. The summed E-state index contributed by atoms with van der Waals surface area (Å²) in [6.07, 6.45) is 7.10. The molecule has 1 aromatic heterocycles. The molecule has 3 nitrogen and oxygen atoms in total. The summed E-state index contributed by atoms with van der Waals surface area (Å²) in [7, 11) is 0. The number of benzene rings is 1. The summed E-state index contributed by atoms with van der Waals surface area (Å²) in [5.74, 6) is 1.02. The lowest BCUT2D eigenvalue weighted by atomic mass is 10.0. The van der Waals surface area contributed by atoms with E-state index in [1.165, 1.54) is 40.6 Å². The van der Waals surface area contributed by atoms with Gasteiger partial charge in [-0.15, -0.1) is 0 Å². The minimum Gasteiger partial charge on any atom is -0.494 e. The van der Waals surface area contributed by atoms with Crippen LogP contribution in [-0.2, 0) is 13.0 Å². The Kier molecular flexibility index (Phi) is 5.27. The third kappa shape index (κ3) is 3.09. The monoisotopic (exact) mass is 327 g/mol. The molecule has 0 fully saturated rings. The molecule has 1 aliphatic heterocycles. The van der Waals surface area contributed by atoms with E-state index in [-0.39, 0.29) is 0 Å². The number of hydrogen-bond donors (Lipinski definition) is 0. The Labute approximate surface area is 145 Å². The van der Waals surface area contributed by atoms with Crippen molar-refractivity contribution in [3.63, 3.8) is 0 Å². The Balaban J connectivity index is 2.03. The second-order valence-electron chi connectivity index (χ2n) is 6.81. The molecule has 0 N–H and O–H groups in total. The van der Waals surface area contributed by atoms with E-state index in [9.17, 15) is 0 Å². The van der Waals surface area contributed by atoms with Crippen molar-refractivity contribution in [3.05, 3.63) is 29.0 Å². The average molecular weight is 327 g/mol. The van der Waals surface area contributed by atoms with Crippen LogP contribution in [0.3, 0.4) is 0 Å². The topological polar surface area (TPSA) is 17.2 Å². The zero-order valence-electron chi connectivity index (χ0n) is 15.7. The van der Waals surface area contributed by atoms with Crippen LogP contribution in [0.25, 0.3) is 10.9 Å². The summed E-state index contributed by atoms with van der Waals surface area (Å²) in [4.78, 5) is 0. The van der Waals surface area contributed by atoms with Gasteiger partial charge in [0.25, 0.3) is 0 Å². The van der Waals surface area contributed by atoms with Crippen LogP contribution in [0, 0.1) is 6.92 Å². The van der Waals surface area contributed by atoms with E-state index in [0.29, 0.717) is 0 Å². The summed E-state index contributed by atoms with van der Waals surface area (Å²) >= 11 is 0. The molecular formula is C21H31N2O+. The average Bonchev–Trinajstić information content (AvgIpc) is 2.91. The molecule has 0 bridgehead atoms. The van der Waals surface area contributed by atoms with Crippen LogP contribution in [0.5, 0.6) is 5.75 Å². The Bertz CT molecular complexity index is 755. The van der Waals surface area contributed by atoms with Gasteiger partial charge in [0.2, 0.25) is 0 Å². The number of likely N-dealkylation sites (N-methyl/N-ethyl adjacent to an activating group) is 1. The van der Waals surface area contributed by atoms with Crippen LogP contribution < -0.4 is 4.74 Å². The SMILES string of the molecule is CCCCCOc1cc(C)c2c3c(n(CC)c2c1)C=[N+](CC)CC3. The standard InChI is InChI=1S/C21H31N2O/c1-5-8-9-12-24-17-13-16(4)21-18-10-11-22(6-2)15-20(18)23(7-3)19(21)14-17/h13-15H,5-12H2,1-4H3/q+1.